The number of hydrogen-bond acceptors (Lipinski definition) is 6. The van der Waals surface area contributed by atoms with Crippen molar-refractivity contribution in [2.24, 2.45) is 4.99 Å². The van der Waals surface area contributed by atoms with Crippen LogP contribution < -0.4 is 10.2 Å². The fraction of sp³-hybridized carbons (Fsp3) is 0.500. The summed E-state index contributed by atoms with van der Waals surface area (Å²) >= 11 is 1.04. The summed E-state index contributed by atoms with van der Waals surface area (Å²) in [5.74, 6) is -2.77. The number of sulfone groups is 1. The Balaban J connectivity index is 1.82. The molecule has 1 aromatic carbocycles. The summed E-state index contributed by atoms with van der Waals surface area (Å²) in [5.41, 5.74) is -0.805. The molecule has 0 bridgehead atoms. The zero-order chi connectivity index (χ0) is 22.3. The molecule has 8 nitrogen and oxygen atoms in total. The second-order valence-corrected chi connectivity index (χ2v) is 11.3. The first-order valence-corrected chi connectivity index (χ1v) is 11.7. The number of rotatable bonds is 3. The highest BCUT2D eigenvalue weighted by Crippen LogP contribution is 2.41. The molecule has 0 saturated carbocycles. The molecule has 1 N–H and O–H groups in total. The van der Waals surface area contributed by atoms with Gasteiger partial charge >= 0.3 is 6.09 Å². The molecular formula is C18H21F2N3O5S2. The summed E-state index contributed by atoms with van der Waals surface area (Å²) in [4.78, 5) is 29.2. The Labute approximate surface area is 177 Å². The van der Waals surface area contributed by atoms with Crippen molar-refractivity contribution in [1.29, 1.82) is 0 Å². The van der Waals surface area contributed by atoms with Gasteiger partial charge in [0, 0.05) is 11.3 Å². The standard InChI is InChI=1S/C18H21F2N3O5S2/c1-18(2,3)28-17(25)21-7-15(24)22-16-23(12-5-4-10(19)6-11(12)20)13-8-30(26,27)9-14(13)29-16/h4-6,13-14H,7-9H2,1-3H3,(H,21,25)/t13-,14+/m1/s1. The fourth-order valence-electron chi connectivity index (χ4n) is 3.13. The van der Waals surface area contributed by atoms with E-state index >= 15 is 0 Å². The van der Waals surface area contributed by atoms with Crippen LogP contribution in [-0.4, -0.2) is 60.5 Å². The normalized spacial score (nSPS) is 24.0. The van der Waals surface area contributed by atoms with E-state index in [2.05, 4.69) is 10.3 Å². The summed E-state index contributed by atoms with van der Waals surface area (Å²) in [7, 11) is -3.33. The average Bonchev–Trinajstić information content (AvgIpc) is 3.03. The minimum atomic E-state index is -3.33. The molecular weight excluding hydrogens is 440 g/mol. The van der Waals surface area contributed by atoms with E-state index in [9.17, 15) is 26.8 Å². The molecule has 2 aliphatic rings. The lowest BCUT2D eigenvalue weighted by molar-refractivity contribution is -0.117. The molecule has 0 spiro atoms. The lowest BCUT2D eigenvalue weighted by Crippen LogP contribution is -2.39. The van der Waals surface area contributed by atoms with Crippen LogP contribution in [0.1, 0.15) is 20.8 Å². The number of anilines is 1. The van der Waals surface area contributed by atoms with Crippen molar-refractivity contribution in [3.8, 4) is 0 Å². The van der Waals surface area contributed by atoms with Crippen LogP contribution in [0.2, 0.25) is 0 Å². The number of aliphatic imine (C=N–C) groups is 1. The molecule has 2 fully saturated rings. The number of carbonyl (C=O) groups excluding carboxylic acids is 2. The predicted octanol–water partition coefficient (Wildman–Crippen LogP) is 2.09. The Kier molecular flexibility index (Phi) is 6.10. The lowest BCUT2D eigenvalue weighted by atomic mass is 10.2. The minimum absolute atomic E-state index is 0.0693. The zero-order valence-corrected chi connectivity index (χ0v) is 18.1. The van der Waals surface area contributed by atoms with Gasteiger partial charge < -0.3 is 15.0 Å². The first kappa shape index (κ1) is 22.5. The molecule has 0 aromatic heterocycles. The third-order valence-corrected chi connectivity index (χ3v) is 7.45. The smallest absolute Gasteiger partial charge is 0.408 e. The van der Waals surface area contributed by atoms with Gasteiger partial charge in [0.25, 0.3) is 5.91 Å². The number of nitrogens with zero attached hydrogens (tertiary/aromatic N) is 2. The van der Waals surface area contributed by atoms with Gasteiger partial charge in [-0.1, -0.05) is 11.8 Å². The van der Waals surface area contributed by atoms with Gasteiger partial charge in [0.1, 0.15) is 23.8 Å². The van der Waals surface area contributed by atoms with Crippen molar-refractivity contribution >= 4 is 44.5 Å². The Bertz CT molecular complexity index is 1010. The fourth-order valence-corrected chi connectivity index (χ4v) is 7.06. The van der Waals surface area contributed by atoms with Crippen LogP contribution in [-0.2, 0) is 19.4 Å². The van der Waals surface area contributed by atoms with Crippen LogP contribution in [0.5, 0.6) is 0 Å². The quantitative estimate of drug-likeness (QED) is 0.735. The first-order valence-electron chi connectivity index (χ1n) is 9.04. The van der Waals surface area contributed by atoms with Crippen LogP contribution in [0.15, 0.2) is 23.2 Å². The number of carbonyl (C=O) groups is 2. The SMILES string of the molecule is CC(C)(C)OC(=O)NCC(=O)N=C1S[C@H]2CS(=O)(=O)C[C@H]2N1c1ccc(F)cc1F. The lowest BCUT2D eigenvalue weighted by Gasteiger charge is -2.25. The number of nitrogens with one attached hydrogen (secondary N) is 1. The number of thioether (sulfide) groups is 1. The van der Waals surface area contributed by atoms with Crippen molar-refractivity contribution in [1.82, 2.24) is 5.32 Å². The van der Waals surface area contributed by atoms with Crippen LogP contribution in [0.3, 0.4) is 0 Å². The van der Waals surface area contributed by atoms with Gasteiger partial charge in [-0.2, -0.15) is 4.99 Å². The number of ether oxygens (including phenoxy) is 1. The van der Waals surface area contributed by atoms with E-state index in [0.717, 1.165) is 17.8 Å². The van der Waals surface area contributed by atoms with E-state index < -0.39 is 56.9 Å². The number of halogens is 2. The van der Waals surface area contributed by atoms with E-state index in [0.29, 0.717) is 6.07 Å². The minimum Gasteiger partial charge on any atom is -0.444 e. The number of amides is 2. The van der Waals surface area contributed by atoms with Crippen molar-refractivity contribution in [3.05, 3.63) is 29.8 Å². The van der Waals surface area contributed by atoms with Crippen molar-refractivity contribution in [3.63, 3.8) is 0 Å². The van der Waals surface area contributed by atoms with Gasteiger partial charge in [0.15, 0.2) is 15.0 Å². The van der Waals surface area contributed by atoms with Gasteiger partial charge in [-0.3, -0.25) is 4.79 Å². The summed E-state index contributed by atoms with van der Waals surface area (Å²) in [6.07, 6.45) is -0.792. The number of benzene rings is 1. The van der Waals surface area contributed by atoms with Crippen LogP contribution in [0, 0.1) is 11.6 Å². The topological polar surface area (TPSA) is 105 Å². The van der Waals surface area contributed by atoms with Gasteiger partial charge in [0.2, 0.25) is 0 Å². The monoisotopic (exact) mass is 461 g/mol. The van der Waals surface area contributed by atoms with Gasteiger partial charge in [0.05, 0.1) is 23.2 Å². The van der Waals surface area contributed by atoms with E-state index in [1.807, 2.05) is 0 Å². The van der Waals surface area contributed by atoms with Crippen LogP contribution >= 0.6 is 11.8 Å². The molecule has 2 saturated heterocycles. The van der Waals surface area contributed by atoms with Gasteiger partial charge in [-0.15, -0.1) is 0 Å². The Morgan fingerprint density at radius 1 is 1.30 bits per heavy atom. The van der Waals surface area contributed by atoms with Crippen LogP contribution in [0.25, 0.3) is 0 Å². The molecule has 2 aliphatic heterocycles. The Morgan fingerprint density at radius 3 is 2.63 bits per heavy atom. The second-order valence-electron chi connectivity index (χ2n) is 7.91. The molecule has 2 atom stereocenters. The van der Waals surface area contributed by atoms with E-state index in [1.54, 1.807) is 20.8 Å². The molecule has 164 valence electrons. The molecule has 3 rings (SSSR count). The number of hydrogen-bond donors (Lipinski definition) is 1. The average molecular weight is 462 g/mol. The summed E-state index contributed by atoms with van der Waals surface area (Å²) in [5, 5.41) is 1.94. The first-order chi connectivity index (χ1) is 13.8. The maximum atomic E-state index is 14.4. The molecule has 12 heteroatoms. The third-order valence-electron chi connectivity index (χ3n) is 4.24. The van der Waals surface area contributed by atoms with Crippen molar-refractivity contribution < 1.29 is 31.5 Å². The van der Waals surface area contributed by atoms with E-state index in [-0.39, 0.29) is 22.4 Å². The highest BCUT2D eigenvalue weighted by atomic mass is 32.2. The van der Waals surface area contributed by atoms with Crippen molar-refractivity contribution in [2.45, 2.75) is 37.7 Å². The number of amidine groups is 1. The van der Waals surface area contributed by atoms with E-state index in [4.69, 9.17) is 4.74 Å². The van der Waals surface area contributed by atoms with Crippen LogP contribution in [0.4, 0.5) is 19.3 Å². The number of alkyl carbamates (subject to hydrolysis) is 1. The summed E-state index contributed by atoms with van der Waals surface area (Å²) in [6.45, 7) is 4.56. The highest BCUT2D eigenvalue weighted by Gasteiger charge is 2.50. The molecule has 2 heterocycles. The summed E-state index contributed by atoms with van der Waals surface area (Å²) in [6, 6.07) is 2.27. The van der Waals surface area contributed by atoms with Gasteiger partial charge in [-0.05, 0) is 32.9 Å². The third kappa shape index (κ3) is 5.28. The zero-order valence-electron chi connectivity index (χ0n) is 16.5. The molecule has 2 amide bonds. The molecule has 1 aromatic rings. The maximum absolute atomic E-state index is 14.4. The predicted molar refractivity (Wildman–Crippen MR) is 109 cm³/mol. The summed E-state index contributed by atoms with van der Waals surface area (Å²) < 4.78 is 56.8. The highest BCUT2D eigenvalue weighted by molar-refractivity contribution is 8.16. The van der Waals surface area contributed by atoms with Crippen molar-refractivity contribution in [2.75, 3.05) is 23.0 Å². The molecule has 0 aliphatic carbocycles. The van der Waals surface area contributed by atoms with Gasteiger partial charge in [-0.25, -0.2) is 22.0 Å². The number of fused-ring (bicyclic) bond motifs is 1. The molecule has 0 unspecified atom stereocenters. The molecule has 0 radical (unpaired) electrons. The van der Waals surface area contributed by atoms with E-state index in [1.165, 1.54) is 11.0 Å². The maximum Gasteiger partial charge on any atom is 0.408 e. The largest absolute Gasteiger partial charge is 0.444 e. The molecule has 30 heavy (non-hydrogen) atoms. The Morgan fingerprint density at radius 2 is 2.00 bits per heavy atom. The Hall–Kier alpha value is -2.21. The second kappa shape index (κ2) is 8.14.